The first-order chi connectivity index (χ1) is 10.1. The van der Waals surface area contributed by atoms with Crippen LogP contribution in [0.1, 0.15) is 29.9 Å². The van der Waals surface area contributed by atoms with Gasteiger partial charge in [-0.25, -0.2) is 4.79 Å². The average Bonchev–Trinajstić information content (AvgIpc) is 3.02. The maximum absolute atomic E-state index is 11.3. The molecule has 0 fully saturated rings. The summed E-state index contributed by atoms with van der Waals surface area (Å²) in [6.45, 7) is 4.44. The predicted molar refractivity (Wildman–Crippen MR) is 78.2 cm³/mol. The Morgan fingerprint density at radius 1 is 1.48 bits per heavy atom. The molecule has 1 unspecified atom stereocenters. The van der Waals surface area contributed by atoms with Crippen molar-refractivity contribution in [1.82, 2.24) is 4.98 Å². The topological polar surface area (TPSA) is 71.6 Å². The zero-order chi connectivity index (χ0) is 15.0. The molecule has 110 valence electrons. The molecule has 3 rings (SSSR count). The second-order valence-corrected chi connectivity index (χ2v) is 5.09. The highest BCUT2D eigenvalue weighted by molar-refractivity contribution is 5.95. The Hall–Kier alpha value is -2.43. The highest BCUT2D eigenvalue weighted by Crippen LogP contribution is 2.41. The van der Waals surface area contributed by atoms with Gasteiger partial charge in [-0.1, -0.05) is 0 Å². The van der Waals surface area contributed by atoms with Gasteiger partial charge in [0, 0.05) is 29.3 Å². The molecular weight excluding hydrogens is 270 g/mol. The number of H-pyrrole nitrogens is 1. The molecule has 0 amide bonds. The Bertz CT molecular complexity index is 690. The number of hydrogen-bond donors (Lipinski definition) is 2. The number of benzene rings is 1. The second kappa shape index (κ2) is 5.16. The number of hydrogen-bond acceptors (Lipinski definition) is 3. The number of aromatic nitrogens is 1. The molecule has 0 aliphatic carbocycles. The van der Waals surface area contributed by atoms with Gasteiger partial charge in [-0.2, -0.15) is 0 Å². The maximum Gasteiger partial charge on any atom is 0.352 e. The molecule has 0 radical (unpaired) electrons. The van der Waals surface area contributed by atoms with E-state index in [-0.39, 0.29) is 11.8 Å². The van der Waals surface area contributed by atoms with Gasteiger partial charge in [0.2, 0.25) is 0 Å². The van der Waals surface area contributed by atoms with Crippen LogP contribution in [0.5, 0.6) is 11.5 Å². The zero-order valence-electron chi connectivity index (χ0n) is 12.0. The molecule has 2 N–H and O–H groups in total. The molecule has 0 spiro atoms. The summed E-state index contributed by atoms with van der Waals surface area (Å²) in [5.74, 6) is 0.502. The van der Waals surface area contributed by atoms with Gasteiger partial charge in [-0.05, 0) is 32.0 Å². The van der Waals surface area contributed by atoms with E-state index in [9.17, 15) is 9.90 Å². The molecule has 1 atom stereocenters. The number of carboxylic acids is 1. The summed E-state index contributed by atoms with van der Waals surface area (Å²) in [6.07, 6.45) is 2.59. The molecular formula is C16H17NO4. The van der Waals surface area contributed by atoms with E-state index in [1.807, 2.05) is 26.0 Å². The first kappa shape index (κ1) is 13.5. The van der Waals surface area contributed by atoms with Gasteiger partial charge in [-0.3, -0.25) is 0 Å². The SMILES string of the molecule is CCOc1cc2c(cc1-c1cc[nH]c1C(=O)O)OC(C)C2. The van der Waals surface area contributed by atoms with Crippen molar-refractivity contribution in [2.45, 2.75) is 26.4 Å². The average molecular weight is 287 g/mol. The largest absolute Gasteiger partial charge is 0.493 e. The summed E-state index contributed by atoms with van der Waals surface area (Å²) in [4.78, 5) is 14.1. The standard InChI is InChI=1S/C16H17NO4/c1-3-20-14-7-10-6-9(2)21-13(10)8-12(14)11-4-5-17-15(11)16(18)19/h4-5,7-9,17H,3,6H2,1-2H3,(H,18,19). The maximum atomic E-state index is 11.3. The normalized spacial score (nSPS) is 16.4. The molecule has 1 aromatic heterocycles. The Labute approximate surface area is 122 Å². The first-order valence-corrected chi connectivity index (χ1v) is 6.97. The van der Waals surface area contributed by atoms with Crippen LogP contribution >= 0.6 is 0 Å². The minimum Gasteiger partial charge on any atom is -0.493 e. The number of carbonyl (C=O) groups is 1. The van der Waals surface area contributed by atoms with Crippen LogP contribution in [0, 0.1) is 0 Å². The molecule has 21 heavy (non-hydrogen) atoms. The minimum atomic E-state index is -0.993. The van der Waals surface area contributed by atoms with E-state index >= 15 is 0 Å². The molecule has 0 bridgehead atoms. The highest BCUT2D eigenvalue weighted by atomic mass is 16.5. The Morgan fingerprint density at radius 3 is 3.00 bits per heavy atom. The molecule has 1 aromatic carbocycles. The fourth-order valence-corrected chi connectivity index (χ4v) is 2.70. The number of fused-ring (bicyclic) bond motifs is 1. The molecule has 2 heterocycles. The van der Waals surface area contributed by atoms with Crippen LogP contribution < -0.4 is 9.47 Å². The van der Waals surface area contributed by atoms with Crippen molar-refractivity contribution >= 4 is 5.97 Å². The van der Waals surface area contributed by atoms with Gasteiger partial charge >= 0.3 is 5.97 Å². The molecule has 1 aliphatic heterocycles. The number of aromatic carboxylic acids is 1. The van der Waals surface area contributed by atoms with Crippen LogP contribution in [0.25, 0.3) is 11.1 Å². The molecule has 1 aliphatic rings. The molecule has 2 aromatic rings. The third kappa shape index (κ3) is 2.35. The van der Waals surface area contributed by atoms with E-state index in [0.29, 0.717) is 17.9 Å². The van der Waals surface area contributed by atoms with Crippen molar-refractivity contribution in [1.29, 1.82) is 0 Å². The lowest BCUT2D eigenvalue weighted by molar-refractivity contribution is 0.0692. The zero-order valence-corrected chi connectivity index (χ0v) is 12.0. The van der Waals surface area contributed by atoms with Gasteiger partial charge in [0.1, 0.15) is 23.3 Å². The number of aromatic amines is 1. The predicted octanol–water partition coefficient (Wildman–Crippen LogP) is 3.10. The Morgan fingerprint density at radius 2 is 2.29 bits per heavy atom. The van der Waals surface area contributed by atoms with Gasteiger partial charge in [0.25, 0.3) is 0 Å². The van der Waals surface area contributed by atoms with E-state index in [1.54, 1.807) is 12.3 Å². The van der Waals surface area contributed by atoms with Gasteiger partial charge in [-0.15, -0.1) is 0 Å². The summed E-state index contributed by atoms with van der Waals surface area (Å²) in [5.41, 5.74) is 2.60. The summed E-state index contributed by atoms with van der Waals surface area (Å²) >= 11 is 0. The van der Waals surface area contributed by atoms with Crippen LogP contribution in [-0.4, -0.2) is 28.8 Å². The monoisotopic (exact) mass is 287 g/mol. The highest BCUT2D eigenvalue weighted by Gasteiger charge is 2.24. The van der Waals surface area contributed by atoms with Crippen LogP contribution in [0.2, 0.25) is 0 Å². The van der Waals surface area contributed by atoms with Crippen LogP contribution in [0.4, 0.5) is 0 Å². The van der Waals surface area contributed by atoms with Gasteiger partial charge in [0.15, 0.2) is 0 Å². The van der Waals surface area contributed by atoms with E-state index in [2.05, 4.69) is 4.98 Å². The number of ether oxygens (including phenoxy) is 2. The van der Waals surface area contributed by atoms with Crippen LogP contribution in [-0.2, 0) is 6.42 Å². The lowest BCUT2D eigenvalue weighted by Gasteiger charge is -2.12. The van der Waals surface area contributed by atoms with E-state index in [4.69, 9.17) is 9.47 Å². The first-order valence-electron chi connectivity index (χ1n) is 6.97. The van der Waals surface area contributed by atoms with Crippen LogP contribution in [0.3, 0.4) is 0 Å². The quantitative estimate of drug-likeness (QED) is 0.906. The Balaban J connectivity index is 2.15. The fourth-order valence-electron chi connectivity index (χ4n) is 2.70. The Kier molecular flexibility index (Phi) is 3.33. The molecule has 5 heteroatoms. The number of rotatable bonds is 4. The van der Waals surface area contributed by atoms with Crippen molar-refractivity contribution in [3.63, 3.8) is 0 Å². The van der Waals surface area contributed by atoms with Gasteiger partial charge in [0.05, 0.1) is 6.61 Å². The van der Waals surface area contributed by atoms with Crippen LogP contribution in [0.15, 0.2) is 24.4 Å². The lowest BCUT2D eigenvalue weighted by atomic mass is 10.0. The summed E-state index contributed by atoms with van der Waals surface area (Å²) in [6, 6.07) is 5.57. The van der Waals surface area contributed by atoms with Crippen molar-refractivity contribution in [2.75, 3.05) is 6.61 Å². The van der Waals surface area contributed by atoms with Crippen molar-refractivity contribution in [3.8, 4) is 22.6 Å². The molecule has 0 saturated carbocycles. The smallest absolute Gasteiger partial charge is 0.352 e. The third-order valence-electron chi connectivity index (χ3n) is 3.55. The third-order valence-corrected chi connectivity index (χ3v) is 3.55. The number of nitrogens with one attached hydrogen (secondary N) is 1. The summed E-state index contributed by atoms with van der Waals surface area (Å²) < 4.78 is 11.5. The molecule has 0 saturated heterocycles. The van der Waals surface area contributed by atoms with E-state index in [0.717, 1.165) is 23.3 Å². The lowest BCUT2D eigenvalue weighted by Crippen LogP contribution is -2.05. The van der Waals surface area contributed by atoms with E-state index in [1.165, 1.54) is 0 Å². The van der Waals surface area contributed by atoms with E-state index < -0.39 is 5.97 Å². The minimum absolute atomic E-state index is 0.134. The van der Waals surface area contributed by atoms with Crippen molar-refractivity contribution in [2.24, 2.45) is 0 Å². The van der Waals surface area contributed by atoms with Gasteiger partial charge < -0.3 is 19.6 Å². The fraction of sp³-hybridized carbons (Fsp3) is 0.312. The van der Waals surface area contributed by atoms with Crippen molar-refractivity contribution in [3.05, 3.63) is 35.7 Å². The van der Waals surface area contributed by atoms with Crippen molar-refractivity contribution < 1.29 is 19.4 Å². The summed E-state index contributed by atoms with van der Waals surface area (Å²) in [5, 5.41) is 9.27. The second-order valence-electron chi connectivity index (χ2n) is 5.09. The molecule has 5 nitrogen and oxygen atoms in total. The number of carboxylic acid groups (broad SMARTS) is 1. The summed E-state index contributed by atoms with van der Waals surface area (Å²) in [7, 11) is 0.